The Bertz CT molecular complexity index is 387. The molecule has 0 bridgehead atoms. The summed E-state index contributed by atoms with van der Waals surface area (Å²) in [7, 11) is 0. The molecular formula is C11H11ClO3. The zero-order valence-electron chi connectivity index (χ0n) is 8.24. The number of carboxylic acid groups (broad SMARTS) is 1. The highest BCUT2D eigenvalue weighted by Gasteiger charge is 2.09. The summed E-state index contributed by atoms with van der Waals surface area (Å²) in [5.41, 5.74) is 0.138. The van der Waals surface area contributed by atoms with Gasteiger partial charge in [0.25, 0.3) is 0 Å². The highest BCUT2D eigenvalue weighted by molar-refractivity contribution is 6.32. The molecule has 0 aliphatic carbocycles. The standard InChI is InChI=1S/C11H11ClO3/c1-3-7(2)15-10-5-4-8(11(13)14)6-9(10)12/h3-7H,1H2,2H3,(H,13,14). The predicted octanol–water partition coefficient (Wildman–Crippen LogP) is 2.99. The Labute approximate surface area is 92.9 Å². The van der Waals surface area contributed by atoms with Crippen molar-refractivity contribution in [3.05, 3.63) is 41.4 Å². The Morgan fingerprint density at radius 1 is 1.67 bits per heavy atom. The molecule has 1 unspecified atom stereocenters. The van der Waals surface area contributed by atoms with E-state index in [-0.39, 0.29) is 16.7 Å². The molecule has 0 aliphatic heterocycles. The van der Waals surface area contributed by atoms with Crippen LogP contribution in [-0.4, -0.2) is 17.2 Å². The molecule has 15 heavy (non-hydrogen) atoms. The molecule has 1 N–H and O–H groups in total. The van der Waals surface area contributed by atoms with E-state index >= 15 is 0 Å². The maximum Gasteiger partial charge on any atom is 0.335 e. The Morgan fingerprint density at radius 2 is 2.33 bits per heavy atom. The van der Waals surface area contributed by atoms with Gasteiger partial charge in [0.2, 0.25) is 0 Å². The minimum atomic E-state index is -1.01. The Hall–Kier alpha value is -1.48. The molecule has 0 heterocycles. The molecule has 0 fully saturated rings. The van der Waals surface area contributed by atoms with E-state index in [1.807, 2.05) is 6.92 Å². The van der Waals surface area contributed by atoms with Crippen LogP contribution in [0.5, 0.6) is 5.75 Å². The smallest absolute Gasteiger partial charge is 0.335 e. The van der Waals surface area contributed by atoms with Crippen molar-refractivity contribution in [3.8, 4) is 5.75 Å². The zero-order chi connectivity index (χ0) is 11.4. The van der Waals surface area contributed by atoms with Gasteiger partial charge in [-0.25, -0.2) is 4.79 Å². The van der Waals surface area contributed by atoms with Crippen LogP contribution >= 0.6 is 11.6 Å². The summed E-state index contributed by atoms with van der Waals surface area (Å²) in [5.74, 6) is -0.561. The van der Waals surface area contributed by atoms with Crippen LogP contribution in [0.25, 0.3) is 0 Å². The third kappa shape index (κ3) is 2.99. The lowest BCUT2D eigenvalue weighted by atomic mass is 10.2. The first kappa shape index (κ1) is 11.6. The van der Waals surface area contributed by atoms with Gasteiger partial charge in [0.1, 0.15) is 11.9 Å². The van der Waals surface area contributed by atoms with E-state index in [2.05, 4.69) is 6.58 Å². The van der Waals surface area contributed by atoms with Crippen LogP contribution in [0, 0.1) is 0 Å². The van der Waals surface area contributed by atoms with Crippen LogP contribution in [-0.2, 0) is 0 Å². The Morgan fingerprint density at radius 3 is 2.80 bits per heavy atom. The quantitative estimate of drug-likeness (QED) is 0.803. The van der Waals surface area contributed by atoms with Crippen LogP contribution in [0.1, 0.15) is 17.3 Å². The molecule has 0 spiro atoms. The number of benzene rings is 1. The summed E-state index contributed by atoms with van der Waals surface area (Å²) in [5, 5.41) is 8.99. The molecule has 4 heteroatoms. The molecule has 0 aliphatic rings. The van der Waals surface area contributed by atoms with Crippen molar-refractivity contribution in [3.63, 3.8) is 0 Å². The van der Waals surface area contributed by atoms with E-state index in [0.29, 0.717) is 5.75 Å². The Balaban J connectivity index is 2.93. The monoisotopic (exact) mass is 226 g/mol. The van der Waals surface area contributed by atoms with Gasteiger partial charge < -0.3 is 9.84 Å². The molecule has 3 nitrogen and oxygen atoms in total. The SMILES string of the molecule is C=CC(C)Oc1ccc(C(=O)O)cc1Cl. The van der Waals surface area contributed by atoms with Crippen molar-refractivity contribution in [2.24, 2.45) is 0 Å². The Kier molecular flexibility index (Phi) is 3.74. The van der Waals surface area contributed by atoms with Gasteiger partial charge in [0.05, 0.1) is 10.6 Å². The second kappa shape index (κ2) is 4.84. The molecular weight excluding hydrogens is 216 g/mol. The topological polar surface area (TPSA) is 46.5 Å². The minimum Gasteiger partial charge on any atom is -0.485 e. The molecule has 1 rings (SSSR count). The van der Waals surface area contributed by atoms with Gasteiger partial charge in [0.15, 0.2) is 0 Å². The number of aromatic carboxylic acids is 1. The lowest BCUT2D eigenvalue weighted by Gasteiger charge is -2.11. The number of carboxylic acids is 1. The summed E-state index contributed by atoms with van der Waals surface area (Å²) in [6.45, 7) is 5.38. The molecule has 1 atom stereocenters. The second-order valence-electron chi connectivity index (χ2n) is 3.01. The van der Waals surface area contributed by atoms with Gasteiger partial charge in [-0.05, 0) is 25.1 Å². The normalized spacial score (nSPS) is 11.9. The average Bonchev–Trinajstić information content (AvgIpc) is 2.20. The van der Waals surface area contributed by atoms with Gasteiger partial charge in [-0.2, -0.15) is 0 Å². The fourth-order valence-electron chi connectivity index (χ4n) is 0.978. The highest BCUT2D eigenvalue weighted by atomic mass is 35.5. The average molecular weight is 227 g/mol. The number of halogens is 1. The number of carbonyl (C=O) groups is 1. The predicted molar refractivity (Wildman–Crippen MR) is 58.7 cm³/mol. The first-order valence-electron chi connectivity index (χ1n) is 4.36. The van der Waals surface area contributed by atoms with Crippen LogP contribution in [0.2, 0.25) is 5.02 Å². The van der Waals surface area contributed by atoms with Crippen molar-refractivity contribution >= 4 is 17.6 Å². The lowest BCUT2D eigenvalue weighted by Crippen LogP contribution is -2.08. The number of ether oxygens (including phenoxy) is 1. The summed E-state index contributed by atoms with van der Waals surface area (Å²) in [4.78, 5) is 10.6. The number of rotatable bonds is 4. The summed E-state index contributed by atoms with van der Waals surface area (Å²) >= 11 is 5.85. The molecule has 0 aromatic heterocycles. The molecule has 0 radical (unpaired) electrons. The highest BCUT2D eigenvalue weighted by Crippen LogP contribution is 2.26. The zero-order valence-corrected chi connectivity index (χ0v) is 8.99. The van der Waals surface area contributed by atoms with Gasteiger partial charge in [0, 0.05) is 0 Å². The molecule has 0 saturated heterocycles. The van der Waals surface area contributed by atoms with Crippen molar-refractivity contribution in [1.29, 1.82) is 0 Å². The molecule has 1 aromatic carbocycles. The van der Waals surface area contributed by atoms with Gasteiger partial charge >= 0.3 is 5.97 Å². The van der Waals surface area contributed by atoms with Gasteiger partial charge in [-0.15, -0.1) is 0 Å². The van der Waals surface area contributed by atoms with E-state index in [1.54, 1.807) is 6.08 Å². The third-order valence-corrected chi connectivity index (χ3v) is 2.12. The summed E-state index contributed by atoms with van der Waals surface area (Å²) in [6, 6.07) is 4.33. The number of hydrogen-bond acceptors (Lipinski definition) is 2. The van der Waals surface area contributed by atoms with E-state index in [0.717, 1.165) is 0 Å². The lowest BCUT2D eigenvalue weighted by molar-refractivity contribution is 0.0697. The fraction of sp³-hybridized carbons (Fsp3) is 0.182. The van der Waals surface area contributed by atoms with E-state index in [4.69, 9.17) is 21.4 Å². The van der Waals surface area contributed by atoms with Crippen LogP contribution < -0.4 is 4.74 Å². The van der Waals surface area contributed by atoms with Gasteiger partial charge in [-0.3, -0.25) is 0 Å². The molecule has 80 valence electrons. The van der Waals surface area contributed by atoms with Crippen LogP contribution in [0.15, 0.2) is 30.9 Å². The summed E-state index contributed by atoms with van der Waals surface area (Å²) < 4.78 is 5.39. The van der Waals surface area contributed by atoms with E-state index in [1.165, 1.54) is 18.2 Å². The van der Waals surface area contributed by atoms with Crippen LogP contribution in [0.4, 0.5) is 0 Å². The fourth-order valence-corrected chi connectivity index (χ4v) is 1.20. The third-order valence-electron chi connectivity index (χ3n) is 1.82. The second-order valence-corrected chi connectivity index (χ2v) is 3.42. The first-order chi connectivity index (χ1) is 7.04. The molecule has 0 saturated carbocycles. The van der Waals surface area contributed by atoms with E-state index in [9.17, 15) is 4.79 Å². The molecule has 1 aromatic rings. The maximum absolute atomic E-state index is 10.6. The largest absolute Gasteiger partial charge is 0.485 e. The molecule has 0 amide bonds. The van der Waals surface area contributed by atoms with Crippen molar-refractivity contribution in [2.45, 2.75) is 13.0 Å². The number of hydrogen-bond donors (Lipinski definition) is 1. The van der Waals surface area contributed by atoms with Crippen molar-refractivity contribution in [2.75, 3.05) is 0 Å². The van der Waals surface area contributed by atoms with Crippen LogP contribution in [0.3, 0.4) is 0 Å². The summed E-state index contributed by atoms with van der Waals surface area (Å²) in [6.07, 6.45) is 1.46. The minimum absolute atomic E-state index is 0.138. The van der Waals surface area contributed by atoms with Gasteiger partial charge in [-0.1, -0.05) is 24.3 Å². The maximum atomic E-state index is 10.6. The van der Waals surface area contributed by atoms with Crippen molar-refractivity contribution in [1.82, 2.24) is 0 Å². The van der Waals surface area contributed by atoms with E-state index < -0.39 is 5.97 Å². The first-order valence-corrected chi connectivity index (χ1v) is 4.74. The van der Waals surface area contributed by atoms with Crippen molar-refractivity contribution < 1.29 is 14.6 Å².